The van der Waals surface area contributed by atoms with Gasteiger partial charge in [0, 0.05) is 20.0 Å². The van der Waals surface area contributed by atoms with E-state index in [-0.39, 0.29) is 5.91 Å². The van der Waals surface area contributed by atoms with Gasteiger partial charge in [0.25, 0.3) is 5.91 Å². The highest BCUT2D eigenvalue weighted by Crippen LogP contribution is 2.23. The Morgan fingerprint density at radius 3 is 2.72 bits per heavy atom. The maximum atomic E-state index is 12.2. The van der Waals surface area contributed by atoms with Gasteiger partial charge in [-0.05, 0) is 5.56 Å². The molecule has 130 valence electrons. The Morgan fingerprint density at radius 2 is 2.00 bits per heavy atom. The van der Waals surface area contributed by atoms with Crippen LogP contribution in [-0.4, -0.2) is 30.9 Å². The van der Waals surface area contributed by atoms with Crippen LogP contribution in [0.3, 0.4) is 0 Å². The summed E-state index contributed by atoms with van der Waals surface area (Å²) in [6, 6.07) is 9.76. The standard InChI is InChI=1S/C16H18N6OS2/c1-3-12-18-21-16(22(12)2)24-10-13-19-20-15(25-13)14(23)17-9-11-7-5-4-6-8-11/h4-8H,3,9-10H2,1-2H3,(H,17,23). The van der Waals surface area contributed by atoms with Gasteiger partial charge in [-0.15, -0.1) is 20.4 Å². The largest absolute Gasteiger partial charge is 0.346 e. The molecule has 7 nitrogen and oxygen atoms in total. The highest BCUT2D eigenvalue weighted by molar-refractivity contribution is 7.98. The van der Waals surface area contributed by atoms with Crippen LogP contribution in [0.15, 0.2) is 35.5 Å². The summed E-state index contributed by atoms with van der Waals surface area (Å²) in [5, 5.41) is 21.2. The third-order valence-corrected chi connectivity index (χ3v) is 5.66. The van der Waals surface area contributed by atoms with Crippen LogP contribution >= 0.6 is 23.1 Å². The molecular formula is C16H18N6OS2. The Labute approximate surface area is 153 Å². The van der Waals surface area contributed by atoms with Crippen molar-refractivity contribution in [2.45, 2.75) is 30.8 Å². The molecule has 0 fully saturated rings. The van der Waals surface area contributed by atoms with E-state index < -0.39 is 0 Å². The predicted octanol–water partition coefficient (Wildman–Crippen LogP) is 2.45. The molecule has 0 spiro atoms. The van der Waals surface area contributed by atoms with Crippen LogP contribution in [0.5, 0.6) is 0 Å². The van der Waals surface area contributed by atoms with E-state index in [0.717, 1.165) is 28.0 Å². The van der Waals surface area contributed by atoms with Gasteiger partial charge in [-0.1, -0.05) is 60.4 Å². The second kappa shape index (κ2) is 8.21. The SMILES string of the molecule is CCc1nnc(SCc2nnc(C(=O)NCc3ccccc3)s2)n1C. The van der Waals surface area contributed by atoms with Crippen LogP contribution in [0.2, 0.25) is 0 Å². The highest BCUT2D eigenvalue weighted by Gasteiger charge is 2.14. The quantitative estimate of drug-likeness (QED) is 0.640. The molecule has 0 saturated carbocycles. The molecule has 0 aliphatic carbocycles. The molecule has 0 saturated heterocycles. The summed E-state index contributed by atoms with van der Waals surface area (Å²) < 4.78 is 1.97. The van der Waals surface area contributed by atoms with Gasteiger partial charge in [0.1, 0.15) is 10.8 Å². The molecule has 0 unspecified atom stereocenters. The molecule has 1 amide bonds. The normalized spacial score (nSPS) is 10.8. The maximum Gasteiger partial charge on any atom is 0.282 e. The van der Waals surface area contributed by atoms with Crippen molar-refractivity contribution < 1.29 is 4.79 Å². The summed E-state index contributed by atoms with van der Waals surface area (Å²) in [6.45, 7) is 2.52. The van der Waals surface area contributed by atoms with Crippen molar-refractivity contribution in [3.8, 4) is 0 Å². The number of aryl methyl sites for hydroxylation is 1. The zero-order valence-corrected chi connectivity index (χ0v) is 15.6. The molecule has 0 radical (unpaired) electrons. The molecule has 0 aliphatic rings. The number of rotatable bonds is 7. The van der Waals surface area contributed by atoms with Crippen LogP contribution < -0.4 is 5.32 Å². The van der Waals surface area contributed by atoms with E-state index in [1.54, 1.807) is 0 Å². The molecule has 0 atom stereocenters. The van der Waals surface area contributed by atoms with Gasteiger partial charge in [0.2, 0.25) is 5.01 Å². The Balaban J connectivity index is 1.54. The molecule has 2 heterocycles. The van der Waals surface area contributed by atoms with Gasteiger partial charge in [-0.3, -0.25) is 4.79 Å². The lowest BCUT2D eigenvalue weighted by molar-refractivity contribution is 0.0950. The third-order valence-electron chi connectivity index (χ3n) is 3.52. The van der Waals surface area contributed by atoms with Crippen molar-refractivity contribution in [2.75, 3.05) is 0 Å². The minimum atomic E-state index is -0.204. The molecule has 3 rings (SSSR count). The summed E-state index contributed by atoms with van der Waals surface area (Å²) in [5.41, 5.74) is 1.05. The molecule has 3 aromatic rings. The van der Waals surface area contributed by atoms with Crippen molar-refractivity contribution in [1.82, 2.24) is 30.3 Å². The van der Waals surface area contributed by atoms with Crippen molar-refractivity contribution in [3.05, 3.63) is 51.7 Å². The third kappa shape index (κ3) is 4.43. The van der Waals surface area contributed by atoms with Crippen LogP contribution in [0.25, 0.3) is 0 Å². The molecule has 1 N–H and O–H groups in total. The Kier molecular flexibility index (Phi) is 5.77. The average molecular weight is 374 g/mol. The van der Waals surface area contributed by atoms with Gasteiger partial charge in [-0.25, -0.2) is 0 Å². The topological polar surface area (TPSA) is 85.6 Å². The Morgan fingerprint density at radius 1 is 1.20 bits per heavy atom. The molecule has 0 aliphatic heterocycles. The number of carbonyl (C=O) groups is 1. The molecule has 1 aromatic carbocycles. The number of hydrogen-bond acceptors (Lipinski definition) is 7. The summed E-state index contributed by atoms with van der Waals surface area (Å²) in [5.74, 6) is 1.35. The molecule has 25 heavy (non-hydrogen) atoms. The number of aromatic nitrogens is 5. The minimum absolute atomic E-state index is 0.204. The average Bonchev–Trinajstić information content (AvgIpc) is 3.25. The van der Waals surface area contributed by atoms with Gasteiger partial charge < -0.3 is 9.88 Å². The molecular weight excluding hydrogens is 356 g/mol. The fourth-order valence-corrected chi connectivity index (χ4v) is 3.83. The van der Waals surface area contributed by atoms with E-state index in [1.165, 1.54) is 23.1 Å². The number of hydrogen-bond donors (Lipinski definition) is 1. The van der Waals surface area contributed by atoms with Gasteiger partial charge >= 0.3 is 0 Å². The number of nitrogens with one attached hydrogen (secondary N) is 1. The van der Waals surface area contributed by atoms with Crippen molar-refractivity contribution in [3.63, 3.8) is 0 Å². The smallest absolute Gasteiger partial charge is 0.282 e. The van der Waals surface area contributed by atoms with E-state index in [0.29, 0.717) is 17.3 Å². The number of thioether (sulfide) groups is 1. The zero-order valence-electron chi connectivity index (χ0n) is 14.0. The zero-order chi connectivity index (χ0) is 17.6. The summed E-state index contributed by atoms with van der Waals surface area (Å²) in [4.78, 5) is 12.2. The fourth-order valence-electron chi connectivity index (χ4n) is 2.16. The lowest BCUT2D eigenvalue weighted by Crippen LogP contribution is -2.22. The second-order valence-electron chi connectivity index (χ2n) is 5.27. The summed E-state index contributed by atoms with van der Waals surface area (Å²) in [7, 11) is 1.95. The van der Waals surface area contributed by atoms with E-state index in [4.69, 9.17) is 0 Å². The van der Waals surface area contributed by atoms with Crippen LogP contribution in [0, 0.1) is 0 Å². The van der Waals surface area contributed by atoms with Gasteiger partial charge in [0.05, 0.1) is 5.75 Å². The van der Waals surface area contributed by atoms with Crippen molar-refractivity contribution in [1.29, 1.82) is 0 Å². The van der Waals surface area contributed by atoms with Crippen molar-refractivity contribution >= 4 is 29.0 Å². The maximum absolute atomic E-state index is 12.2. The first-order chi connectivity index (χ1) is 12.2. The number of amides is 1. The minimum Gasteiger partial charge on any atom is -0.346 e. The summed E-state index contributed by atoms with van der Waals surface area (Å²) in [6.07, 6.45) is 0.842. The monoisotopic (exact) mass is 374 g/mol. The van der Waals surface area contributed by atoms with E-state index in [1.807, 2.05) is 48.9 Å². The predicted molar refractivity (Wildman–Crippen MR) is 97.5 cm³/mol. The number of benzene rings is 1. The molecule has 9 heteroatoms. The fraction of sp³-hybridized carbons (Fsp3) is 0.312. The molecule has 2 aromatic heterocycles. The van der Waals surface area contributed by atoms with E-state index >= 15 is 0 Å². The second-order valence-corrected chi connectivity index (χ2v) is 7.27. The van der Waals surface area contributed by atoms with Crippen LogP contribution in [0.4, 0.5) is 0 Å². The molecule has 0 bridgehead atoms. The number of nitrogens with zero attached hydrogens (tertiary/aromatic N) is 5. The number of carbonyl (C=O) groups excluding carboxylic acids is 1. The van der Waals surface area contributed by atoms with E-state index in [2.05, 4.69) is 25.7 Å². The first-order valence-corrected chi connectivity index (χ1v) is 9.63. The van der Waals surface area contributed by atoms with Crippen LogP contribution in [-0.2, 0) is 25.8 Å². The lowest BCUT2D eigenvalue weighted by Gasteiger charge is -2.02. The highest BCUT2D eigenvalue weighted by atomic mass is 32.2. The Bertz CT molecular complexity index is 845. The van der Waals surface area contributed by atoms with Crippen molar-refractivity contribution in [2.24, 2.45) is 7.05 Å². The first kappa shape index (κ1) is 17.6. The van der Waals surface area contributed by atoms with Gasteiger partial charge in [0.15, 0.2) is 5.16 Å². The first-order valence-electron chi connectivity index (χ1n) is 7.83. The van der Waals surface area contributed by atoms with E-state index in [9.17, 15) is 4.79 Å². The summed E-state index contributed by atoms with van der Waals surface area (Å²) >= 11 is 2.84. The lowest BCUT2D eigenvalue weighted by atomic mass is 10.2. The van der Waals surface area contributed by atoms with Crippen LogP contribution in [0.1, 0.15) is 33.1 Å². The Hall–Kier alpha value is -2.26. The van der Waals surface area contributed by atoms with Gasteiger partial charge in [-0.2, -0.15) is 0 Å².